The molecule has 0 saturated carbocycles. The Morgan fingerprint density at radius 3 is 2.37 bits per heavy atom. The number of halogens is 1. The van der Waals surface area contributed by atoms with E-state index in [1.807, 2.05) is 49.2 Å². The van der Waals surface area contributed by atoms with E-state index < -0.39 is 5.54 Å². The van der Waals surface area contributed by atoms with E-state index in [4.69, 9.17) is 10.7 Å². The number of urea groups is 1. The summed E-state index contributed by atoms with van der Waals surface area (Å²) >= 11 is 0. The summed E-state index contributed by atoms with van der Waals surface area (Å²) in [5.74, 6) is 0.435. The van der Waals surface area contributed by atoms with Crippen LogP contribution in [0.3, 0.4) is 0 Å². The minimum Gasteiger partial charge on any atom is -0.341 e. The molecule has 35 heavy (non-hydrogen) atoms. The zero-order valence-electron chi connectivity index (χ0n) is 21.7. The zero-order valence-corrected chi connectivity index (χ0v) is 21.7. The average Bonchev–Trinajstić information content (AvgIpc) is 3.18. The van der Waals surface area contributed by atoms with Gasteiger partial charge in [-0.25, -0.2) is 14.2 Å². The van der Waals surface area contributed by atoms with E-state index in [-0.39, 0.29) is 23.3 Å². The molecule has 3 rings (SSSR count). The number of nitrogens with zero attached hydrogens (tertiary/aromatic N) is 3. The Morgan fingerprint density at radius 1 is 1.11 bits per heavy atom. The number of hydrogen-bond acceptors (Lipinski definition) is 3. The second-order valence-corrected chi connectivity index (χ2v) is 10.9. The van der Waals surface area contributed by atoms with Gasteiger partial charge in [0, 0.05) is 37.4 Å². The van der Waals surface area contributed by atoms with Crippen LogP contribution in [0.4, 0.5) is 9.18 Å². The van der Waals surface area contributed by atoms with Gasteiger partial charge in [-0.05, 0) is 43.4 Å². The van der Waals surface area contributed by atoms with Crippen LogP contribution < -0.4 is 11.1 Å². The second kappa shape index (κ2) is 10.6. The summed E-state index contributed by atoms with van der Waals surface area (Å²) in [5, 5.41) is 2.80. The molecule has 3 N–H and O–H groups in total. The van der Waals surface area contributed by atoms with Crippen LogP contribution in [0.5, 0.6) is 0 Å². The summed E-state index contributed by atoms with van der Waals surface area (Å²) in [5.41, 5.74) is 7.98. The first-order chi connectivity index (χ1) is 16.4. The summed E-state index contributed by atoms with van der Waals surface area (Å²) in [4.78, 5) is 20.0. The Hall–Kier alpha value is -3.19. The summed E-state index contributed by atoms with van der Waals surface area (Å²) in [7, 11) is 1.64. The van der Waals surface area contributed by atoms with E-state index in [1.165, 1.54) is 12.1 Å². The van der Waals surface area contributed by atoms with Crippen molar-refractivity contribution >= 4 is 6.03 Å². The van der Waals surface area contributed by atoms with Gasteiger partial charge in [0.25, 0.3) is 0 Å². The number of hydrogen-bond donors (Lipinski definition) is 2. The first-order valence-electron chi connectivity index (χ1n) is 12.0. The molecule has 0 spiro atoms. The molecule has 1 heterocycles. The van der Waals surface area contributed by atoms with Gasteiger partial charge in [0.1, 0.15) is 11.6 Å². The summed E-state index contributed by atoms with van der Waals surface area (Å²) in [6.07, 6.45) is 2.58. The maximum atomic E-state index is 14.0. The molecule has 0 aliphatic rings. The Bertz CT molecular complexity index is 1130. The third kappa shape index (κ3) is 6.92. The van der Waals surface area contributed by atoms with E-state index in [9.17, 15) is 9.18 Å². The van der Waals surface area contributed by atoms with Crippen LogP contribution in [-0.2, 0) is 6.54 Å². The van der Waals surface area contributed by atoms with Crippen LogP contribution in [0, 0.1) is 11.2 Å². The Balaban J connectivity index is 2.17. The fourth-order valence-electron chi connectivity index (χ4n) is 4.24. The van der Waals surface area contributed by atoms with Gasteiger partial charge < -0.3 is 20.5 Å². The van der Waals surface area contributed by atoms with Gasteiger partial charge in [0.05, 0.1) is 11.7 Å². The molecule has 0 aliphatic carbocycles. The van der Waals surface area contributed by atoms with Crippen molar-refractivity contribution in [2.75, 3.05) is 13.6 Å². The molecule has 1 aromatic heterocycles. The van der Waals surface area contributed by atoms with Gasteiger partial charge >= 0.3 is 6.03 Å². The lowest BCUT2D eigenvalue weighted by Crippen LogP contribution is -2.48. The number of amides is 2. The number of benzene rings is 2. The van der Waals surface area contributed by atoms with Crippen LogP contribution in [-0.4, -0.2) is 39.6 Å². The van der Waals surface area contributed by atoms with Crippen LogP contribution in [0.25, 0.3) is 11.3 Å². The van der Waals surface area contributed by atoms with Crippen molar-refractivity contribution in [3.8, 4) is 11.3 Å². The molecule has 3 aromatic rings. The molecule has 0 saturated heterocycles. The van der Waals surface area contributed by atoms with Crippen molar-refractivity contribution in [1.29, 1.82) is 0 Å². The number of aromatic nitrogens is 2. The van der Waals surface area contributed by atoms with E-state index in [0.717, 1.165) is 11.4 Å². The molecule has 0 unspecified atom stereocenters. The van der Waals surface area contributed by atoms with Gasteiger partial charge in [0.15, 0.2) is 0 Å². The zero-order chi connectivity index (χ0) is 25.8. The van der Waals surface area contributed by atoms with Crippen molar-refractivity contribution in [1.82, 2.24) is 19.8 Å². The molecule has 0 radical (unpaired) electrons. The van der Waals surface area contributed by atoms with Gasteiger partial charge in [-0.15, -0.1) is 0 Å². The quantitative estimate of drug-likeness (QED) is 0.442. The third-order valence-electron chi connectivity index (χ3n) is 5.97. The minimum absolute atomic E-state index is 0.184. The van der Waals surface area contributed by atoms with E-state index in [1.54, 1.807) is 13.1 Å². The highest BCUT2D eigenvalue weighted by atomic mass is 19.1. The maximum absolute atomic E-state index is 14.0. The molecule has 6 nitrogen and oxygen atoms in total. The van der Waals surface area contributed by atoms with Crippen LogP contribution >= 0.6 is 0 Å². The molecule has 0 fully saturated rings. The van der Waals surface area contributed by atoms with Crippen molar-refractivity contribution in [2.45, 2.75) is 59.2 Å². The second-order valence-electron chi connectivity index (χ2n) is 10.9. The highest BCUT2D eigenvalue weighted by molar-refractivity contribution is 5.74. The Morgan fingerprint density at radius 2 is 1.80 bits per heavy atom. The van der Waals surface area contributed by atoms with Gasteiger partial charge in [-0.2, -0.15) is 0 Å². The Labute approximate surface area is 208 Å². The lowest BCUT2D eigenvalue weighted by atomic mass is 9.84. The molecule has 188 valence electrons. The van der Waals surface area contributed by atoms with Crippen molar-refractivity contribution in [3.63, 3.8) is 0 Å². The minimum atomic E-state index is -0.430. The molecule has 2 aromatic carbocycles. The third-order valence-corrected chi connectivity index (χ3v) is 5.97. The largest absolute Gasteiger partial charge is 0.341 e. The molecule has 1 atom stereocenters. The summed E-state index contributed by atoms with van der Waals surface area (Å²) in [6, 6.07) is 16.0. The van der Waals surface area contributed by atoms with Crippen molar-refractivity contribution in [3.05, 3.63) is 78.0 Å². The SMILES string of the molecule is CNC(=O)N(CCC(C)(C)N)[C@@H](c1nc(-c2cccc(F)c2)cn1Cc1ccccc1)C(C)(C)C. The lowest BCUT2D eigenvalue weighted by molar-refractivity contribution is 0.104. The number of nitrogens with one attached hydrogen (secondary N) is 1. The molecule has 0 aliphatic heterocycles. The number of carbonyl (C=O) groups is 1. The van der Waals surface area contributed by atoms with Gasteiger partial charge in [-0.1, -0.05) is 63.2 Å². The molecular formula is C28H38FN5O. The van der Waals surface area contributed by atoms with Crippen molar-refractivity contribution in [2.24, 2.45) is 11.1 Å². The number of rotatable bonds is 8. The fourth-order valence-corrected chi connectivity index (χ4v) is 4.24. The predicted octanol–water partition coefficient (Wildman–Crippen LogP) is 5.59. The predicted molar refractivity (Wildman–Crippen MR) is 139 cm³/mol. The van der Waals surface area contributed by atoms with E-state index in [0.29, 0.717) is 30.8 Å². The van der Waals surface area contributed by atoms with Gasteiger partial charge in [0.2, 0.25) is 0 Å². The standard InChI is InChI=1S/C28H38FN5O/c1-27(2,3)24(34(26(35)31-6)16-15-28(4,5)30)25-32-23(21-13-10-14-22(29)17-21)19-33(25)18-20-11-8-7-9-12-20/h7-14,17,19,24H,15-16,18,30H2,1-6H3,(H,31,35)/t24-/m0/s1. The molecule has 0 bridgehead atoms. The molecule has 2 amide bonds. The molecular weight excluding hydrogens is 441 g/mol. The smallest absolute Gasteiger partial charge is 0.317 e. The monoisotopic (exact) mass is 479 g/mol. The normalized spacial score (nSPS) is 12.9. The number of nitrogens with two attached hydrogens (primary N) is 1. The van der Waals surface area contributed by atoms with E-state index >= 15 is 0 Å². The summed E-state index contributed by atoms with van der Waals surface area (Å²) in [6.45, 7) is 11.3. The maximum Gasteiger partial charge on any atom is 0.317 e. The number of imidazole rings is 1. The highest BCUT2D eigenvalue weighted by Crippen LogP contribution is 2.39. The Kier molecular flexibility index (Phi) is 8.00. The van der Waals surface area contributed by atoms with E-state index in [2.05, 4.69) is 42.8 Å². The highest BCUT2D eigenvalue weighted by Gasteiger charge is 2.38. The number of carbonyl (C=O) groups excluding carboxylic acids is 1. The molecule has 7 heteroatoms. The van der Waals surface area contributed by atoms with Crippen molar-refractivity contribution < 1.29 is 9.18 Å². The lowest BCUT2D eigenvalue weighted by Gasteiger charge is -2.40. The van der Waals surface area contributed by atoms with Crippen LogP contribution in [0.15, 0.2) is 60.8 Å². The summed E-state index contributed by atoms with van der Waals surface area (Å²) < 4.78 is 16.1. The van der Waals surface area contributed by atoms with Crippen LogP contribution in [0.2, 0.25) is 0 Å². The fraction of sp³-hybridized carbons (Fsp3) is 0.429. The first kappa shape index (κ1) is 26.4. The first-order valence-corrected chi connectivity index (χ1v) is 12.0. The topological polar surface area (TPSA) is 76.2 Å². The van der Waals surface area contributed by atoms with Crippen LogP contribution in [0.1, 0.15) is 58.5 Å². The van der Waals surface area contributed by atoms with Gasteiger partial charge in [-0.3, -0.25) is 0 Å². The average molecular weight is 480 g/mol.